The fraction of sp³-hybridized carbons (Fsp3) is 0.765. The zero-order valence-corrected chi connectivity index (χ0v) is 14.5. The standard InChI is InChI=1S/C17H30N6/c1-17(2,3)16-13(11-20-22-16)10-18-12-14-6-5-9-23(14)15-7-4-8-19-21-15/h4,7-8,13-14,16,18,20,22H,5-6,9-12H2,1-3H3. The Balaban J connectivity index is 1.50. The van der Waals surface area contributed by atoms with Gasteiger partial charge in [0.2, 0.25) is 0 Å². The molecule has 0 aromatic carbocycles. The highest BCUT2D eigenvalue weighted by Gasteiger charge is 2.35. The Kier molecular flexibility index (Phi) is 5.14. The molecule has 3 rings (SSSR count). The van der Waals surface area contributed by atoms with Crippen molar-refractivity contribution in [2.75, 3.05) is 31.1 Å². The fourth-order valence-corrected chi connectivity index (χ4v) is 3.88. The Morgan fingerprint density at radius 1 is 1.35 bits per heavy atom. The lowest BCUT2D eigenvalue weighted by molar-refractivity contribution is 0.234. The number of anilines is 1. The first-order chi connectivity index (χ1) is 11.1. The molecule has 1 aromatic heterocycles. The van der Waals surface area contributed by atoms with E-state index in [-0.39, 0.29) is 5.41 Å². The van der Waals surface area contributed by atoms with Gasteiger partial charge < -0.3 is 10.2 Å². The minimum absolute atomic E-state index is 0.273. The van der Waals surface area contributed by atoms with Gasteiger partial charge in [0.15, 0.2) is 5.82 Å². The minimum atomic E-state index is 0.273. The first-order valence-corrected chi connectivity index (χ1v) is 8.79. The molecule has 0 aliphatic carbocycles. The van der Waals surface area contributed by atoms with Crippen LogP contribution in [-0.4, -0.2) is 48.5 Å². The third kappa shape index (κ3) is 4.00. The zero-order valence-electron chi connectivity index (χ0n) is 14.5. The van der Waals surface area contributed by atoms with E-state index >= 15 is 0 Å². The summed E-state index contributed by atoms with van der Waals surface area (Å²) < 4.78 is 0. The van der Waals surface area contributed by atoms with Gasteiger partial charge in [-0.05, 0) is 30.4 Å². The normalized spacial score (nSPS) is 28.5. The lowest BCUT2D eigenvalue weighted by Gasteiger charge is -2.32. The third-order valence-electron chi connectivity index (χ3n) is 5.04. The molecule has 2 saturated heterocycles. The predicted molar refractivity (Wildman–Crippen MR) is 93.1 cm³/mol. The van der Waals surface area contributed by atoms with Crippen molar-refractivity contribution in [3.05, 3.63) is 18.3 Å². The molecule has 3 N–H and O–H groups in total. The van der Waals surface area contributed by atoms with E-state index in [9.17, 15) is 0 Å². The Morgan fingerprint density at radius 3 is 2.96 bits per heavy atom. The monoisotopic (exact) mass is 318 g/mol. The summed E-state index contributed by atoms with van der Waals surface area (Å²) >= 11 is 0. The largest absolute Gasteiger partial charge is 0.351 e. The first-order valence-electron chi connectivity index (χ1n) is 8.79. The lowest BCUT2D eigenvalue weighted by atomic mass is 9.80. The third-order valence-corrected chi connectivity index (χ3v) is 5.04. The molecule has 23 heavy (non-hydrogen) atoms. The molecule has 3 unspecified atom stereocenters. The molecule has 0 bridgehead atoms. The summed E-state index contributed by atoms with van der Waals surface area (Å²) in [5.74, 6) is 1.63. The van der Waals surface area contributed by atoms with Crippen LogP contribution in [0.15, 0.2) is 18.3 Å². The number of hydrogen-bond acceptors (Lipinski definition) is 6. The van der Waals surface area contributed by atoms with E-state index in [1.165, 1.54) is 12.8 Å². The Morgan fingerprint density at radius 2 is 2.22 bits per heavy atom. The van der Waals surface area contributed by atoms with Crippen LogP contribution in [0.2, 0.25) is 0 Å². The molecular formula is C17H30N6. The van der Waals surface area contributed by atoms with Gasteiger partial charge in [-0.15, -0.1) is 5.10 Å². The van der Waals surface area contributed by atoms with Gasteiger partial charge in [0.05, 0.1) is 0 Å². The summed E-state index contributed by atoms with van der Waals surface area (Å²) in [5.41, 5.74) is 7.04. The van der Waals surface area contributed by atoms with Crippen molar-refractivity contribution in [3.8, 4) is 0 Å². The van der Waals surface area contributed by atoms with Crippen LogP contribution >= 0.6 is 0 Å². The van der Waals surface area contributed by atoms with Crippen LogP contribution in [-0.2, 0) is 0 Å². The highest BCUT2D eigenvalue weighted by molar-refractivity contribution is 5.39. The van der Waals surface area contributed by atoms with Crippen molar-refractivity contribution in [2.45, 2.75) is 45.7 Å². The second kappa shape index (κ2) is 7.11. The molecule has 1 aromatic rings. The molecule has 3 heterocycles. The van der Waals surface area contributed by atoms with Gasteiger partial charge in [-0.3, -0.25) is 10.9 Å². The second-order valence-corrected chi connectivity index (χ2v) is 7.86. The van der Waals surface area contributed by atoms with Crippen molar-refractivity contribution in [2.24, 2.45) is 11.3 Å². The lowest BCUT2D eigenvalue weighted by Crippen LogP contribution is -2.46. The van der Waals surface area contributed by atoms with Crippen LogP contribution in [0.3, 0.4) is 0 Å². The van der Waals surface area contributed by atoms with Gasteiger partial charge in [-0.1, -0.05) is 20.8 Å². The van der Waals surface area contributed by atoms with E-state index < -0.39 is 0 Å². The summed E-state index contributed by atoms with van der Waals surface area (Å²) in [6, 6.07) is 5.07. The quantitative estimate of drug-likeness (QED) is 0.757. The Hall–Kier alpha value is -1.24. The van der Waals surface area contributed by atoms with Crippen LogP contribution in [0, 0.1) is 11.3 Å². The number of aromatic nitrogens is 2. The number of rotatable bonds is 5. The molecule has 2 aliphatic heterocycles. The van der Waals surface area contributed by atoms with E-state index in [4.69, 9.17) is 0 Å². The van der Waals surface area contributed by atoms with Crippen molar-refractivity contribution in [3.63, 3.8) is 0 Å². The molecule has 0 saturated carbocycles. The predicted octanol–water partition coefficient (Wildman–Crippen LogP) is 1.17. The van der Waals surface area contributed by atoms with Crippen LogP contribution in [0.5, 0.6) is 0 Å². The Labute approximate surface area is 139 Å². The maximum atomic E-state index is 4.27. The average Bonchev–Trinajstić information content (AvgIpc) is 3.17. The van der Waals surface area contributed by atoms with E-state index in [1.54, 1.807) is 6.20 Å². The van der Waals surface area contributed by atoms with Crippen LogP contribution in [0.4, 0.5) is 5.82 Å². The zero-order chi connectivity index (χ0) is 16.3. The van der Waals surface area contributed by atoms with Crippen LogP contribution in [0.1, 0.15) is 33.6 Å². The molecule has 6 nitrogen and oxygen atoms in total. The van der Waals surface area contributed by atoms with Gasteiger partial charge in [0.25, 0.3) is 0 Å². The van der Waals surface area contributed by atoms with Gasteiger partial charge in [-0.25, -0.2) is 0 Å². The number of nitrogens with zero attached hydrogens (tertiary/aromatic N) is 3. The first kappa shape index (κ1) is 16.6. The van der Waals surface area contributed by atoms with Gasteiger partial charge in [0, 0.05) is 50.4 Å². The number of hydrogen-bond donors (Lipinski definition) is 3. The van der Waals surface area contributed by atoms with E-state index in [2.05, 4.69) is 58.1 Å². The molecule has 0 radical (unpaired) electrons. The number of hydrazine groups is 1. The highest BCUT2D eigenvalue weighted by atomic mass is 15.4. The van der Waals surface area contributed by atoms with Gasteiger partial charge >= 0.3 is 0 Å². The average molecular weight is 318 g/mol. The SMILES string of the molecule is CC(C)(C)C1NNCC1CNCC1CCCN1c1cccnn1. The highest BCUT2D eigenvalue weighted by Crippen LogP contribution is 2.27. The molecule has 0 spiro atoms. The van der Waals surface area contributed by atoms with E-state index in [0.717, 1.165) is 32.0 Å². The van der Waals surface area contributed by atoms with Crippen molar-refractivity contribution in [1.29, 1.82) is 0 Å². The number of nitrogens with one attached hydrogen (secondary N) is 3. The van der Waals surface area contributed by atoms with Crippen molar-refractivity contribution in [1.82, 2.24) is 26.4 Å². The summed E-state index contributed by atoms with van der Waals surface area (Å²) in [4.78, 5) is 2.40. The molecule has 3 atom stereocenters. The second-order valence-electron chi connectivity index (χ2n) is 7.86. The molecule has 2 fully saturated rings. The van der Waals surface area contributed by atoms with Crippen molar-refractivity contribution >= 4 is 5.82 Å². The molecule has 2 aliphatic rings. The summed E-state index contributed by atoms with van der Waals surface area (Å²) in [6.07, 6.45) is 4.20. The summed E-state index contributed by atoms with van der Waals surface area (Å²) in [7, 11) is 0. The smallest absolute Gasteiger partial charge is 0.151 e. The molecule has 6 heteroatoms. The van der Waals surface area contributed by atoms with E-state index in [1.807, 2.05) is 6.07 Å². The van der Waals surface area contributed by atoms with Crippen molar-refractivity contribution < 1.29 is 0 Å². The summed E-state index contributed by atoms with van der Waals surface area (Å²) in [5, 5.41) is 12.0. The molecule has 128 valence electrons. The van der Waals surface area contributed by atoms with Crippen LogP contribution in [0.25, 0.3) is 0 Å². The maximum absolute atomic E-state index is 4.27. The summed E-state index contributed by atoms with van der Waals surface area (Å²) in [6.45, 7) is 11.1. The molecule has 0 amide bonds. The van der Waals surface area contributed by atoms with E-state index in [0.29, 0.717) is 18.0 Å². The van der Waals surface area contributed by atoms with Crippen LogP contribution < -0.4 is 21.1 Å². The topological polar surface area (TPSA) is 65.1 Å². The maximum Gasteiger partial charge on any atom is 0.151 e. The fourth-order valence-electron chi connectivity index (χ4n) is 3.88. The minimum Gasteiger partial charge on any atom is -0.351 e. The Bertz CT molecular complexity index is 486. The van der Waals surface area contributed by atoms with Gasteiger partial charge in [0.1, 0.15) is 0 Å². The molecular weight excluding hydrogens is 288 g/mol. The van der Waals surface area contributed by atoms with Gasteiger partial charge in [-0.2, -0.15) is 5.10 Å².